The van der Waals surface area contributed by atoms with E-state index in [9.17, 15) is 9.59 Å². The number of nitrogens with zero attached hydrogens (tertiary/aromatic N) is 5. The van der Waals surface area contributed by atoms with Crippen LogP contribution in [0, 0.1) is 17.3 Å². The van der Waals surface area contributed by atoms with Gasteiger partial charge in [0.1, 0.15) is 23.3 Å². The Bertz CT molecular complexity index is 1610. The second-order valence-electron chi connectivity index (χ2n) is 9.74. The third kappa shape index (κ3) is 3.91. The zero-order valence-electron chi connectivity index (χ0n) is 20.4. The molecule has 2 aromatic heterocycles. The lowest BCUT2D eigenvalue weighted by Crippen LogP contribution is -2.44. The van der Waals surface area contributed by atoms with Crippen LogP contribution in [-0.2, 0) is 4.79 Å². The number of rotatable bonds is 4. The molecular formula is C28H26N6O3. The van der Waals surface area contributed by atoms with E-state index in [2.05, 4.69) is 21.8 Å². The molecule has 0 radical (unpaired) electrons. The number of carbonyl (C=O) groups is 1. The first-order valence-corrected chi connectivity index (χ1v) is 12.3. The van der Waals surface area contributed by atoms with Gasteiger partial charge in [0.15, 0.2) is 11.5 Å². The van der Waals surface area contributed by atoms with Crippen molar-refractivity contribution >= 4 is 22.9 Å². The number of anilines is 1. The van der Waals surface area contributed by atoms with Crippen molar-refractivity contribution in [3.63, 3.8) is 0 Å². The van der Waals surface area contributed by atoms with Crippen LogP contribution in [0.4, 0.5) is 5.82 Å². The van der Waals surface area contributed by atoms with Crippen LogP contribution in [0.3, 0.4) is 0 Å². The van der Waals surface area contributed by atoms with Crippen LogP contribution >= 0.6 is 0 Å². The molecule has 2 aromatic carbocycles. The molecule has 1 saturated heterocycles. The number of benzene rings is 2. The lowest BCUT2D eigenvalue weighted by Gasteiger charge is -2.45. The number of carbonyl (C=O) groups excluding carboxylic acids is 1. The highest BCUT2D eigenvalue weighted by molar-refractivity contribution is 5.93. The average Bonchev–Trinajstić information content (AvgIpc) is 3.45. The highest BCUT2D eigenvalue weighted by atomic mass is 16.5. The van der Waals surface area contributed by atoms with E-state index in [4.69, 9.17) is 10.5 Å². The molecule has 2 fully saturated rings. The highest BCUT2D eigenvalue weighted by Gasteiger charge is 2.51. The minimum atomic E-state index is -0.207. The second kappa shape index (κ2) is 8.82. The summed E-state index contributed by atoms with van der Waals surface area (Å²) >= 11 is 0. The molecule has 1 saturated carbocycles. The number of nitrogens with two attached hydrogens (primary N) is 1. The van der Waals surface area contributed by atoms with Gasteiger partial charge in [0.05, 0.1) is 5.69 Å². The molecule has 9 nitrogen and oxygen atoms in total. The number of hydrogen-bond acceptors (Lipinski definition) is 6. The van der Waals surface area contributed by atoms with Gasteiger partial charge in [-0.15, -0.1) is 0 Å². The minimum Gasteiger partial charge on any atom is -0.457 e. The van der Waals surface area contributed by atoms with Gasteiger partial charge in [0.25, 0.3) is 5.91 Å². The fourth-order valence-electron chi connectivity index (χ4n) is 5.67. The molecule has 6 rings (SSSR count). The SMILES string of the molecule is CC#CC(=O)N1CCC2(CC(n3c(=O)n(-c4ccc(Oc5ccccc5)cc4)c4c(N)ncnc43)C2)C1. The summed E-state index contributed by atoms with van der Waals surface area (Å²) in [5.74, 6) is 6.83. The summed E-state index contributed by atoms with van der Waals surface area (Å²) in [5, 5.41) is 0. The zero-order chi connectivity index (χ0) is 25.6. The summed E-state index contributed by atoms with van der Waals surface area (Å²) < 4.78 is 9.21. The number of amides is 1. The van der Waals surface area contributed by atoms with Crippen LogP contribution in [0.1, 0.15) is 32.2 Å². The standard InChI is InChI=1S/C28H26N6O3/c1-2-6-23(35)32-14-13-28(17-32)15-20(16-28)34-26-24(25(29)30-18-31-26)33(27(34)36)19-9-11-22(12-10-19)37-21-7-4-3-5-8-21/h3-5,7-12,18,20H,13-17H2,1H3,(H2,29,30,31). The predicted molar refractivity (Wildman–Crippen MR) is 139 cm³/mol. The van der Waals surface area contributed by atoms with E-state index in [0.717, 1.165) is 25.0 Å². The van der Waals surface area contributed by atoms with E-state index in [1.54, 1.807) is 16.1 Å². The Kier molecular flexibility index (Phi) is 5.45. The van der Waals surface area contributed by atoms with Crippen LogP contribution in [0.25, 0.3) is 16.9 Å². The summed E-state index contributed by atoms with van der Waals surface area (Å²) in [7, 11) is 0. The Morgan fingerprint density at radius 2 is 1.81 bits per heavy atom. The number of likely N-dealkylation sites (tertiary alicyclic amines) is 1. The maximum absolute atomic E-state index is 13.8. The molecule has 0 atom stereocenters. The van der Waals surface area contributed by atoms with Gasteiger partial charge >= 0.3 is 5.69 Å². The fourth-order valence-corrected chi connectivity index (χ4v) is 5.67. The van der Waals surface area contributed by atoms with E-state index >= 15 is 0 Å². The Morgan fingerprint density at radius 1 is 1.08 bits per heavy atom. The maximum Gasteiger partial charge on any atom is 0.335 e. The van der Waals surface area contributed by atoms with Crippen molar-refractivity contribution in [3.05, 3.63) is 71.4 Å². The first-order valence-electron chi connectivity index (χ1n) is 12.3. The normalized spacial score (nSPS) is 20.5. The van der Waals surface area contributed by atoms with Crippen LogP contribution in [0.5, 0.6) is 11.5 Å². The average molecular weight is 495 g/mol. The van der Waals surface area contributed by atoms with Crippen molar-refractivity contribution in [2.24, 2.45) is 5.41 Å². The molecule has 0 bridgehead atoms. The lowest BCUT2D eigenvalue weighted by molar-refractivity contribution is -0.125. The summed E-state index contributed by atoms with van der Waals surface area (Å²) in [6.07, 6.45) is 3.89. The topological polar surface area (TPSA) is 108 Å². The molecule has 37 heavy (non-hydrogen) atoms. The van der Waals surface area contributed by atoms with Gasteiger partial charge in [0.2, 0.25) is 0 Å². The first-order chi connectivity index (χ1) is 18.0. The van der Waals surface area contributed by atoms with Gasteiger partial charge in [-0.3, -0.25) is 13.9 Å². The fraction of sp³-hybridized carbons (Fsp3) is 0.286. The molecule has 1 amide bonds. The second-order valence-corrected chi connectivity index (χ2v) is 9.74. The maximum atomic E-state index is 13.8. The largest absolute Gasteiger partial charge is 0.457 e. The third-order valence-electron chi connectivity index (χ3n) is 7.41. The van der Waals surface area contributed by atoms with Crippen molar-refractivity contribution in [2.45, 2.75) is 32.2 Å². The van der Waals surface area contributed by atoms with E-state index in [1.165, 1.54) is 6.33 Å². The van der Waals surface area contributed by atoms with Crippen molar-refractivity contribution in [1.29, 1.82) is 0 Å². The molecule has 4 aromatic rings. The molecule has 1 aliphatic heterocycles. The van der Waals surface area contributed by atoms with Crippen LogP contribution in [0.2, 0.25) is 0 Å². The van der Waals surface area contributed by atoms with E-state index < -0.39 is 0 Å². The summed E-state index contributed by atoms with van der Waals surface area (Å²) in [5.41, 5.74) is 7.73. The summed E-state index contributed by atoms with van der Waals surface area (Å²) in [6.45, 7) is 3.04. The Morgan fingerprint density at radius 3 is 2.54 bits per heavy atom. The third-order valence-corrected chi connectivity index (χ3v) is 7.41. The van der Waals surface area contributed by atoms with Gasteiger partial charge < -0.3 is 15.4 Å². The van der Waals surface area contributed by atoms with E-state index in [-0.39, 0.29) is 28.9 Å². The monoisotopic (exact) mass is 494 g/mol. The molecular weight excluding hydrogens is 468 g/mol. The highest BCUT2D eigenvalue weighted by Crippen LogP contribution is 2.54. The van der Waals surface area contributed by atoms with E-state index in [0.29, 0.717) is 35.7 Å². The summed E-state index contributed by atoms with van der Waals surface area (Å²) in [4.78, 5) is 36.5. The van der Waals surface area contributed by atoms with Gasteiger partial charge in [-0.25, -0.2) is 14.8 Å². The lowest BCUT2D eigenvalue weighted by atomic mass is 9.65. The number of para-hydroxylation sites is 1. The van der Waals surface area contributed by atoms with Gasteiger partial charge in [0, 0.05) is 19.1 Å². The number of ether oxygens (including phenoxy) is 1. The molecule has 0 unspecified atom stereocenters. The number of imidazole rings is 1. The summed E-state index contributed by atoms with van der Waals surface area (Å²) in [6, 6.07) is 16.8. The van der Waals surface area contributed by atoms with Crippen molar-refractivity contribution in [2.75, 3.05) is 18.8 Å². The van der Waals surface area contributed by atoms with E-state index in [1.807, 2.05) is 59.5 Å². The van der Waals surface area contributed by atoms with Crippen molar-refractivity contribution in [3.8, 4) is 29.0 Å². The van der Waals surface area contributed by atoms with Crippen LogP contribution < -0.4 is 16.2 Å². The van der Waals surface area contributed by atoms with Gasteiger partial charge in [-0.2, -0.15) is 0 Å². The minimum absolute atomic E-state index is 0.0125. The van der Waals surface area contributed by atoms with Crippen LogP contribution in [-0.4, -0.2) is 43.0 Å². The molecule has 1 aliphatic carbocycles. The Labute approximate surface area is 213 Å². The Balaban J connectivity index is 1.31. The molecule has 9 heteroatoms. The van der Waals surface area contributed by atoms with Gasteiger partial charge in [-0.1, -0.05) is 24.1 Å². The van der Waals surface area contributed by atoms with Crippen LogP contribution in [0.15, 0.2) is 65.7 Å². The smallest absolute Gasteiger partial charge is 0.335 e. The number of nitrogen functional groups attached to an aromatic ring is 1. The molecule has 3 heterocycles. The number of aromatic nitrogens is 4. The molecule has 2 aliphatic rings. The predicted octanol–water partition coefficient (Wildman–Crippen LogP) is 3.53. The molecule has 186 valence electrons. The number of hydrogen-bond donors (Lipinski definition) is 1. The molecule has 2 N–H and O–H groups in total. The quantitative estimate of drug-likeness (QED) is 0.435. The molecule has 1 spiro atoms. The zero-order valence-corrected chi connectivity index (χ0v) is 20.4. The van der Waals surface area contributed by atoms with Crippen molar-refractivity contribution in [1.82, 2.24) is 24.0 Å². The first kappa shape index (κ1) is 22.9. The number of fused-ring (bicyclic) bond motifs is 1. The van der Waals surface area contributed by atoms with Crippen molar-refractivity contribution < 1.29 is 9.53 Å². The van der Waals surface area contributed by atoms with Gasteiger partial charge in [-0.05, 0) is 73.9 Å². The Hall–Kier alpha value is -4.58.